The van der Waals surface area contributed by atoms with E-state index in [1.165, 1.54) is 25.7 Å². The number of hydrogen-bond acceptors (Lipinski definition) is 2. The molecule has 0 aliphatic heterocycles. The molecule has 1 heterocycles. The standard InChI is InChI=1S/C12H21N3/c1-2-7-13-12-14-8-9-15(12)10-11-5-3-4-6-11/h8-9,11H,2-7,10H2,1H3,(H,13,14). The molecule has 0 aromatic carbocycles. The van der Waals surface area contributed by atoms with Crippen molar-refractivity contribution < 1.29 is 0 Å². The molecule has 1 aliphatic rings. The first-order valence-corrected chi connectivity index (χ1v) is 6.15. The summed E-state index contributed by atoms with van der Waals surface area (Å²) in [5.74, 6) is 1.92. The summed E-state index contributed by atoms with van der Waals surface area (Å²) in [6.07, 6.45) is 10.8. The van der Waals surface area contributed by atoms with Gasteiger partial charge in [0.15, 0.2) is 0 Å². The smallest absolute Gasteiger partial charge is 0.202 e. The van der Waals surface area contributed by atoms with Crippen molar-refractivity contribution >= 4 is 5.95 Å². The minimum atomic E-state index is 0.876. The zero-order valence-corrected chi connectivity index (χ0v) is 9.58. The molecule has 84 valence electrons. The van der Waals surface area contributed by atoms with Gasteiger partial charge in [0, 0.05) is 25.5 Å². The molecule has 0 saturated heterocycles. The third-order valence-corrected chi connectivity index (χ3v) is 3.18. The van der Waals surface area contributed by atoms with Gasteiger partial charge in [0.2, 0.25) is 5.95 Å². The van der Waals surface area contributed by atoms with E-state index in [-0.39, 0.29) is 0 Å². The fourth-order valence-electron chi connectivity index (χ4n) is 2.33. The number of imidazole rings is 1. The summed E-state index contributed by atoms with van der Waals surface area (Å²) in [6.45, 7) is 4.34. The minimum Gasteiger partial charge on any atom is -0.356 e. The molecule has 1 aliphatic carbocycles. The molecule has 1 aromatic rings. The summed E-state index contributed by atoms with van der Waals surface area (Å²) in [5, 5.41) is 3.37. The van der Waals surface area contributed by atoms with Crippen molar-refractivity contribution in [1.82, 2.24) is 9.55 Å². The molecule has 0 atom stereocenters. The lowest BCUT2D eigenvalue weighted by atomic mass is 10.1. The summed E-state index contributed by atoms with van der Waals surface area (Å²) in [4.78, 5) is 4.35. The average molecular weight is 207 g/mol. The van der Waals surface area contributed by atoms with Crippen LogP contribution in [0.2, 0.25) is 0 Å². The first-order valence-electron chi connectivity index (χ1n) is 6.15. The van der Waals surface area contributed by atoms with Crippen molar-refractivity contribution in [3.63, 3.8) is 0 Å². The highest BCUT2D eigenvalue weighted by molar-refractivity contribution is 5.25. The quantitative estimate of drug-likeness (QED) is 0.804. The van der Waals surface area contributed by atoms with Crippen LogP contribution in [0.1, 0.15) is 39.0 Å². The zero-order chi connectivity index (χ0) is 10.5. The maximum Gasteiger partial charge on any atom is 0.202 e. The van der Waals surface area contributed by atoms with Crippen LogP contribution in [-0.2, 0) is 6.54 Å². The van der Waals surface area contributed by atoms with Crippen molar-refractivity contribution in [2.24, 2.45) is 5.92 Å². The molecule has 0 unspecified atom stereocenters. The van der Waals surface area contributed by atoms with Crippen LogP contribution in [0.15, 0.2) is 12.4 Å². The Hall–Kier alpha value is -0.990. The molecule has 0 spiro atoms. The fourth-order valence-corrected chi connectivity index (χ4v) is 2.33. The van der Waals surface area contributed by atoms with Gasteiger partial charge in [-0.2, -0.15) is 0 Å². The Labute approximate surface area is 91.9 Å². The summed E-state index contributed by atoms with van der Waals surface area (Å²) in [6, 6.07) is 0. The summed E-state index contributed by atoms with van der Waals surface area (Å²) < 4.78 is 2.27. The number of hydrogen-bond donors (Lipinski definition) is 1. The third kappa shape index (κ3) is 2.74. The molecule has 3 nitrogen and oxygen atoms in total. The van der Waals surface area contributed by atoms with Crippen LogP contribution in [0.5, 0.6) is 0 Å². The van der Waals surface area contributed by atoms with Gasteiger partial charge in [-0.05, 0) is 25.2 Å². The Morgan fingerprint density at radius 1 is 1.47 bits per heavy atom. The highest BCUT2D eigenvalue weighted by Crippen LogP contribution is 2.26. The van der Waals surface area contributed by atoms with E-state index in [0.717, 1.165) is 31.4 Å². The lowest BCUT2D eigenvalue weighted by Crippen LogP contribution is -2.12. The van der Waals surface area contributed by atoms with Gasteiger partial charge in [-0.1, -0.05) is 19.8 Å². The molecular weight excluding hydrogens is 186 g/mol. The van der Waals surface area contributed by atoms with Crippen molar-refractivity contribution in [1.29, 1.82) is 0 Å². The molecule has 0 amide bonds. The van der Waals surface area contributed by atoms with Crippen molar-refractivity contribution in [3.05, 3.63) is 12.4 Å². The van der Waals surface area contributed by atoms with Gasteiger partial charge < -0.3 is 9.88 Å². The average Bonchev–Trinajstić information content (AvgIpc) is 2.87. The first kappa shape index (κ1) is 10.5. The van der Waals surface area contributed by atoms with Gasteiger partial charge in [0.25, 0.3) is 0 Å². The molecular formula is C12H21N3. The van der Waals surface area contributed by atoms with E-state index in [9.17, 15) is 0 Å². The van der Waals surface area contributed by atoms with Crippen LogP contribution in [-0.4, -0.2) is 16.1 Å². The Kier molecular flexibility index (Phi) is 3.64. The van der Waals surface area contributed by atoms with Gasteiger partial charge in [-0.25, -0.2) is 4.98 Å². The number of rotatable bonds is 5. The highest BCUT2D eigenvalue weighted by Gasteiger charge is 2.16. The number of nitrogens with zero attached hydrogens (tertiary/aromatic N) is 2. The van der Waals surface area contributed by atoms with E-state index in [1.54, 1.807) is 0 Å². The van der Waals surface area contributed by atoms with Gasteiger partial charge >= 0.3 is 0 Å². The van der Waals surface area contributed by atoms with Gasteiger partial charge in [-0.15, -0.1) is 0 Å². The lowest BCUT2D eigenvalue weighted by molar-refractivity contribution is 0.460. The Morgan fingerprint density at radius 2 is 2.27 bits per heavy atom. The Morgan fingerprint density at radius 3 is 3.00 bits per heavy atom. The second-order valence-corrected chi connectivity index (χ2v) is 4.48. The van der Waals surface area contributed by atoms with Crippen LogP contribution >= 0.6 is 0 Å². The van der Waals surface area contributed by atoms with Crippen LogP contribution < -0.4 is 5.32 Å². The van der Waals surface area contributed by atoms with E-state index in [1.807, 2.05) is 6.20 Å². The SMILES string of the molecule is CCCNc1nccn1CC1CCCC1. The number of aromatic nitrogens is 2. The minimum absolute atomic E-state index is 0.876. The van der Waals surface area contributed by atoms with Crippen LogP contribution in [0.4, 0.5) is 5.95 Å². The van der Waals surface area contributed by atoms with E-state index in [0.29, 0.717) is 0 Å². The van der Waals surface area contributed by atoms with Crippen molar-refractivity contribution in [2.75, 3.05) is 11.9 Å². The van der Waals surface area contributed by atoms with E-state index in [4.69, 9.17) is 0 Å². The predicted molar refractivity (Wildman–Crippen MR) is 63.0 cm³/mol. The summed E-state index contributed by atoms with van der Waals surface area (Å²) >= 11 is 0. The zero-order valence-electron chi connectivity index (χ0n) is 9.58. The predicted octanol–water partition coefficient (Wildman–Crippen LogP) is 2.90. The van der Waals surface area contributed by atoms with Gasteiger partial charge in [0.1, 0.15) is 0 Å². The van der Waals surface area contributed by atoms with Crippen LogP contribution in [0.3, 0.4) is 0 Å². The van der Waals surface area contributed by atoms with E-state index < -0.39 is 0 Å². The molecule has 3 heteroatoms. The Bertz CT molecular complexity index is 287. The largest absolute Gasteiger partial charge is 0.356 e. The molecule has 1 saturated carbocycles. The number of nitrogens with one attached hydrogen (secondary N) is 1. The normalized spacial score (nSPS) is 17.1. The maximum atomic E-state index is 4.35. The summed E-state index contributed by atoms with van der Waals surface area (Å²) in [7, 11) is 0. The molecule has 2 rings (SSSR count). The molecule has 1 aromatic heterocycles. The topological polar surface area (TPSA) is 29.9 Å². The van der Waals surface area contributed by atoms with Gasteiger partial charge in [0.05, 0.1) is 0 Å². The first-order chi connectivity index (χ1) is 7.40. The summed E-state index contributed by atoms with van der Waals surface area (Å²) in [5.41, 5.74) is 0. The van der Waals surface area contributed by atoms with Gasteiger partial charge in [-0.3, -0.25) is 0 Å². The van der Waals surface area contributed by atoms with Crippen molar-refractivity contribution in [2.45, 2.75) is 45.6 Å². The molecule has 0 radical (unpaired) electrons. The molecule has 1 N–H and O–H groups in total. The van der Waals surface area contributed by atoms with E-state index in [2.05, 4.69) is 28.0 Å². The third-order valence-electron chi connectivity index (χ3n) is 3.18. The lowest BCUT2D eigenvalue weighted by Gasteiger charge is -2.13. The maximum absolute atomic E-state index is 4.35. The molecule has 0 bridgehead atoms. The highest BCUT2D eigenvalue weighted by atomic mass is 15.2. The monoisotopic (exact) mass is 207 g/mol. The molecule has 15 heavy (non-hydrogen) atoms. The van der Waals surface area contributed by atoms with Crippen LogP contribution in [0, 0.1) is 5.92 Å². The van der Waals surface area contributed by atoms with E-state index >= 15 is 0 Å². The van der Waals surface area contributed by atoms with Crippen molar-refractivity contribution in [3.8, 4) is 0 Å². The second-order valence-electron chi connectivity index (χ2n) is 4.48. The Balaban J connectivity index is 1.91. The number of anilines is 1. The molecule has 1 fully saturated rings. The fraction of sp³-hybridized carbons (Fsp3) is 0.750. The second kappa shape index (κ2) is 5.19. The van der Waals surface area contributed by atoms with Crippen LogP contribution in [0.25, 0.3) is 0 Å².